The van der Waals surface area contributed by atoms with Crippen LogP contribution in [0.25, 0.3) is 0 Å². The van der Waals surface area contributed by atoms with Gasteiger partial charge in [0.2, 0.25) is 0 Å². The molecule has 0 fully saturated rings. The molecular formula is C15H17N3O2S. The zero-order valence-corrected chi connectivity index (χ0v) is 12.9. The van der Waals surface area contributed by atoms with E-state index in [9.17, 15) is 9.90 Å². The maximum atomic E-state index is 12.1. The maximum Gasteiger partial charge on any atom is 0.265 e. The number of rotatable bonds is 2. The number of phenolic OH excluding ortho intramolecular Hbond substituents is 1. The fraction of sp³-hybridized carbons (Fsp3) is 0.333. The van der Waals surface area contributed by atoms with Crippen LogP contribution in [0.2, 0.25) is 0 Å². The van der Waals surface area contributed by atoms with Gasteiger partial charge >= 0.3 is 0 Å². The van der Waals surface area contributed by atoms with Crippen LogP contribution in [0.15, 0.2) is 34.9 Å². The van der Waals surface area contributed by atoms with Gasteiger partial charge in [0.25, 0.3) is 5.91 Å². The fourth-order valence-electron chi connectivity index (χ4n) is 1.89. The molecule has 6 heteroatoms. The van der Waals surface area contributed by atoms with Crippen molar-refractivity contribution in [1.29, 1.82) is 5.26 Å². The van der Waals surface area contributed by atoms with Crippen LogP contribution in [-0.2, 0) is 4.79 Å². The van der Waals surface area contributed by atoms with Gasteiger partial charge in [-0.05, 0) is 26.8 Å². The van der Waals surface area contributed by atoms with Crippen LogP contribution in [0.3, 0.4) is 0 Å². The zero-order valence-electron chi connectivity index (χ0n) is 12.1. The number of nitriles is 1. The van der Waals surface area contributed by atoms with Crippen molar-refractivity contribution in [2.75, 3.05) is 0 Å². The molecule has 0 saturated heterocycles. The van der Waals surface area contributed by atoms with Gasteiger partial charge in [-0.25, -0.2) is 0 Å². The lowest BCUT2D eigenvalue weighted by Crippen LogP contribution is -2.40. The fourth-order valence-corrected chi connectivity index (χ4v) is 3.23. The highest BCUT2D eigenvalue weighted by molar-refractivity contribution is 8.03. The Bertz CT molecular complexity index is 641. The third kappa shape index (κ3) is 3.50. The number of para-hydroxylation sites is 1. The van der Waals surface area contributed by atoms with Crippen molar-refractivity contribution in [3.05, 3.63) is 40.4 Å². The average Bonchev–Trinajstić information content (AvgIpc) is 2.37. The van der Waals surface area contributed by atoms with Gasteiger partial charge in [0, 0.05) is 11.1 Å². The number of aromatic hydroxyl groups is 1. The van der Waals surface area contributed by atoms with Gasteiger partial charge in [0.05, 0.1) is 5.03 Å². The largest absolute Gasteiger partial charge is 0.508 e. The third-order valence-corrected chi connectivity index (χ3v) is 3.92. The molecular weight excluding hydrogens is 286 g/mol. The summed E-state index contributed by atoms with van der Waals surface area (Å²) >= 11 is 1.32. The molecule has 110 valence electrons. The van der Waals surface area contributed by atoms with Crippen LogP contribution in [0.1, 0.15) is 31.7 Å². The van der Waals surface area contributed by atoms with Gasteiger partial charge in [-0.2, -0.15) is 5.26 Å². The van der Waals surface area contributed by atoms with Crippen molar-refractivity contribution in [1.82, 2.24) is 10.6 Å². The van der Waals surface area contributed by atoms with Gasteiger partial charge in [0.15, 0.2) is 0 Å². The van der Waals surface area contributed by atoms with Gasteiger partial charge in [-0.1, -0.05) is 30.0 Å². The van der Waals surface area contributed by atoms with Crippen LogP contribution in [0, 0.1) is 11.3 Å². The van der Waals surface area contributed by atoms with E-state index in [-0.39, 0.29) is 16.9 Å². The molecule has 21 heavy (non-hydrogen) atoms. The molecule has 0 spiro atoms. The van der Waals surface area contributed by atoms with Crippen LogP contribution >= 0.6 is 11.8 Å². The van der Waals surface area contributed by atoms with Crippen molar-refractivity contribution in [2.45, 2.75) is 31.7 Å². The zero-order chi connectivity index (χ0) is 15.6. The highest BCUT2D eigenvalue weighted by atomic mass is 32.2. The number of nitrogens with zero attached hydrogens (tertiary/aromatic N) is 1. The molecule has 3 N–H and O–H groups in total. The quantitative estimate of drug-likeness (QED) is 0.781. The molecule has 1 amide bonds. The van der Waals surface area contributed by atoms with Crippen molar-refractivity contribution >= 4 is 17.7 Å². The number of nitrogens with one attached hydrogen (secondary N) is 2. The van der Waals surface area contributed by atoms with E-state index in [2.05, 4.69) is 10.6 Å². The molecule has 0 radical (unpaired) electrons. The van der Waals surface area contributed by atoms with Gasteiger partial charge in [0.1, 0.15) is 22.8 Å². The summed E-state index contributed by atoms with van der Waals surface area (Å²) in [5, 5.41) is 25.1. The Balaban J connectivity index is 2.37. The van der Waals surface area contributed by atoms with Crippen LogP contribution in [0.4, 0.5) is 0 Å². The molecule has 0 unspecified atom stereocenters. The maximum absolute atomic E-state index is 12.1. The summed E-state index contributed by atoms with van der Waals surface area (Å²) in [6.07, 6.45) is 0. The summed E-state index contributed by atoms with van der Waals surface area (Å²) in [7, 11) is 0. The second kappa shape index (κ2) is 5.70. The van der Waals surface area contributed by atoms with Crippen LogP contribution < -0.4 is 10.6 Å². The van der Waals surface area contributed by atoms with Crippen LogP contribution in [0.5, 0.6) is 5.75 Å². The molecule has 0 saturated carbocycles. The topological polar surface area (TPSA) is 85.2 Å². The highest BCUT2D eigenvalue weighted by Gasteiger charge is 2.31. The number of hydrogen-bond donors (Lipinski definition) is 3. The second-order valence-electron chi connectivity index (χ2n) is 5.72. The SMILES string of the molecule is CC(C)(C)NC1=C(C#N)C(=O)N[C@H](c2ccccc2O)S1. The minimum atomic E-state index is -0.434. The second-order valence-corrected chi connectivity index (χ2v) is 6.84. The van der Waals surface area contributed by atoms with Crippen LogP contribution in [-0.4, -0.2) is 16.6 Å². The molecule has 1 aliphatic heterocycles. The standard InChI is InChI=1S/C15H17N3O2S/c1-15(2,3)18-14-10(8-16)12(20)17-13(21-14)9-6-4-5-7-11(9)19/h4-7,13,18-19H,1-3H3,(H,17,20)/t13-/m0/s1. The Morgan fingerprint density at radius 1 is 1.38 bits per heavy atom. The number of thioether (sulfide) groups is 1. The number of carbonyl (C=O) groups is 1. The van der Waals surface area contributed by atoms with E-state index in [0.717, 1.165) is 0 Å². The van der Waals surface area contributed by atoms with E-state index in [1.165, 1.54) is 11.8 Å². The van der Waals surface area contributed by atoms with Crippen molar-refractivity contribution in [2.24, 2.45) is 0 Å². The Morgan fingerprint density at radius 2 is 2.05 bits per heavy atom. The summed E-state index contributed by atoms with van der Waals surface area (Å²) in [5.41, 5.74) is 0.411. The molecule has 0 aromatic heterocycles. The number of hydrogen-bond acceptors (Lipinski definition) is 5. The minimum absolute atomic E-state index is 0.0709. The highest BCUT2D eigenvalue weighted by Crippen LogP contribution is 2.40. The Labute approximate surface area is 128 Å². The molecule has 1 aromatic carbocycles. The number of amides is 1. The van der Waals surface area contributed by atoms with Gasteiger partial charge < -0.3 is 15.7 Å². The Kier molecular flexibility index (Phi) is 4.14. The average molecular weight is 303 g/mol. The van der Waals surface area contributed by atoms with Crippen molar-refractivity contribution < 1.29 is 9.90 Å². The molecule has 1 aliphatic rings. The summed E-state index contributed by atoms with van der Waals surface area (Å²) in [6, 6.07) is 8.77. The lowest BCUT2D eigenvalue weighted by molar-refractivity contribution is -0.117. The molecule has 0 aliphatic carbocycles. The number of carbonyl (C=O) groups excluding carboxylic acids is 1. The Morgan fingerprint density at radius 3 is 2.62 bits per heavy atom. The van der Waals surface area contributed by atoms with E-state index >= 15 is 0 Å². The molecule has 1 atom stereocenters. The number of phenols is 1. The van der Waals surface area contributed by atoms with Crippen molar-refractivity contribution in [3.63, 3.8) is 0 Å². The first kappa shape index (κ1) is 15.3. The predicted molar refractivity (Wildman–Crippen MR) is 82.1 cm³/mol. The van der Waals surface area contributed by atoms with E-state index in [0.29, 0.717) is 10.6 Å². The van der Waals surface area contributed by atoms with E-state index < -0.39 is 11.3 Å². The first-order valence-corrected chi connectivity index (χ1v) is 7.38. The van der Waals surface area contributed by atoms with Gasteiger partial charge in [-0.3, -0.25) is 4.79 Å². The van der Waals surface area contributed by atoms with E-state index in [1.54, 1.807) is 24.3 Å². The molecule has 1 aromatic rings. The number of benzene rings is 1. The molecule has 5 nitrogen and oxygen atoms in total. The first-order valence-electron chi connectivity index (χ1n) is 6.50. The summed E-state index contributed by atoms with van der Waals surface area (Å²) in [5.74, 6) is -0.318. The smallest absolute Gasteiger partial charge is 0.265 e. The molecule has 2 rings (SSSR count). The normalized spacial score (nSPS) is 19.0. The molecule has 0 bridgehead atoms. The van der Waals surface area contributed by atoms with Gasteiger partial charge in [-0.15, -0.1) is 0 Å². The first-order chi connectivity index (χ1) is 9.81. The molecule has 1 heterocycles. The Hall–Kier alpha value is -2.13. The predicted octanol–water partition coefficient (Wildman–Crippen LogP) is 2.38. The van der Waals surface area contributed by atoms with E-state index in [1.807, 2.05) is 26.8 Å². The summed E-state index contributed by atoms with van der Waals surface area (Å²) in [4.78, 5) is 12.1. The van der Waals surface area contributed by atoms with Crippen molar-refractivity contribution in [3.8, 4) is 11.8 Å². The summed E-state index contributed by atoms with van der Waals surface area (Å²) < 4.78 is 0. The monoisotopic (exact) mass is 303 g/mol. The lowest BCUT2D eigenvalue weighted by atomic mass is 10.1. The minimum Gasteiger partial charge on any atom is -0.508 e. The van der Waals surface area contributed by atoms with E-state index in [4.69, 9.17) is 5.26 Å². The third-order valence-electron chi connectivity index (χ3n) is 2.77. The summed E-state index contributed by atoms with van der Waals surface area (Å²) in [6.45, 7) is 5.87. The lowest BCUT2D eigenvalue weighted by Gasteiger charge is -2.31.